The van der Waals surface area contributed by atoms with Gasteiger partial charge in [0.1, 0.15) is 6.54 Å². The fraction of sp³-hybridized carbons (Fsp3) is 0.667. The molecule has 0 radical (unpaired) electrons. The van der Waals surface area contributed by atoms with Crippen LogP contribution in [0, 0.1) is 0 Å². The number of methoxy groups -OCH3 is 1. The summed E-state index contributed by atoms with van der Waals surface area (Å²) < 4.78 is 4.39. The zero-order valence-electron chi connectivity index (χ0n) is 9.67. The predicted molar refractivity (Wildman–Crippen MR) is 56.3 cm³/mol. The maximum absolute atomic E-state index is 11.5. The Hall–Kier alpha value is -1.83. The summed E-state index contributed by atoms with van der Waals surface area (Å²) in [4.78, 5) is 33.8. The highest BCUT2D eigenvalue weighted by Gasteiger charge is 2.18. The zero-order chi connectivity index (χ0) is 13.4. The lowest BCUT2D eigenvalue weighted by Crippen LogP contribution is -2.46. The average Bonchev–Trinajstić information content (AvgIpc) is 2.31. The van der Waals surface area contributed by atoms with E-state index in [1.807, 2.05) is 0 Å². The van der Waals surface area contributed by atoms with Crippen molar-refractivity contribution in [2.75, 3.05) is 26.7 Å². The molecule has 0 aromatic rings. The number of ether oxygens (including phenoxy) is 1. The van der Waals surface area contributed by atoms with Crippen molar-refractivity contribution in [1.29, 1.82) is 0 Å². The van der Waals surface area contributed by atoms with Gasteiger partial charge in [-0.2, -0.15) is 0 Å². The number of urea groups is 1. The van der Waals surface area contributed by atoms with Crippen LogP contribution in [0.5, 0.6) is 0 Å². The van der Waals surface area contributed by atoms with Crippen LogP contribution >= 0.6 is 0 Å². The standard InChI is InChI=1S/C9H16N2O6/c1-3-11(5-7(13)17-2)9(16)10-4-6(12)8(14)15/h6,12H,3-5H2,1-2H3,(H,10,16)(H,14,15)/t6-/m0/s1. The van der Waals surface area contributed by atoms with Gasteiger partial charge in [0.15, 0.2) is 6.10 Å². The smallest absolute Gasteiger partial charge is 0.334 e. The molecule has 0 saturated heterocycles. The van der Waals surface area contributed by atoms with Crippen molar-refractivity contribution in [3.05, 3.63) is 0 Å². The third kappa shape index (κ3) is 5.71. The van der Waals surface area contributed by atoms with Crippen LogP contribution in [0.2, 0.25) is 0 Å². The molecule has 8 heteroatoms. The Morgan fingerprint density at radius 1 is 1.41 bits per heavy atom. The van der Waals surface area contributed by atoms with Gasteiger partial charge in [0.2, 0.25) is 0 Å². The number of hydrogen-bond donors (Lipinski definition) is 3. The van der Waals surface area contributed by atoms with Crippen molar-refractivity contribution in [2.24, 2.45) is 0 Å². The third-order valence-electron chi connectivity index (χ3n) is 1.95. The molecule has 98 valence electrons. The molecule has 0 aliphatic rings. The fourth-order valence-electron chi connectivity index (χ4n) is 0.931. The molecule has 2 amide bonds. The molecular formula is C9H16N2O6. The SMILES string of the molecule is CCN(CC(=O)OC)C(=O)NC[C@H](O)C(=O)O. The minimum Gasteiger partial charge on any atom is -0.479 e. The highest BCUT2D eigenvalue weighted by atomic mass is 16.5. The second-order valence-corrected chi connectivity index (χ2v) is 3.13. The molecule has 1 atom stereocenters. The molecule has 0 rings (SSSR count). The summed E-state index contributed by atoms with van der Waals surface area (Å²) in [5, 5.41) is 19.5. The Morgan fingerprint density at radius 3 is 2.41 bits per heavy atom. The molecular weight excluding hydrogens is 232 g/mol. The number of carboxylic acids is 1. The number of nitrogens with one attached hydrogen (secondary N) is 1. The van der Waals surface area contributed by atoms with Gasteiger partial charge in [-0.15, -0.1) is 0 Å². The highest BCUT2D eigenvalue weighted by molar-refractivity contribution is 5.81. The Balaban J connectivity index is 4.17. The van der Waals surface area contributed by atoms with Crippen molar-refractivity contribution < 1.29 is 29.3 Å². The van der Waals surface area contributed by atoms with E-state index >= 15 is 0 Å². The van der Waals surface area contributed by atoms with Crippen LogP contribution in [0.15, 0.2) is 0 Å². The van der Waals surface area contributed by atoms with Crippen LogP contribution in [-0.2, 0) is 14.3 Å². The summed E-state index contributed by atoms with van der Waals surface area (Å²) in [7, 11) is 1.20. The van der Waals surface area contributed by atoms with Crippen molar-refractivity contribution in [3.8, 4) is 0 Å². The third-order valence-corrected chi connectivity index (χ3v) is 1.95. The lowest BCUT2D eigenvalue weighted by molar-refractivity contribution is -0.146. The number of carbonyl (C=O) groups is 3. The van der Waals surface area contributed by atoms with Gasteiger partial charge in [-0.05, 0) is 6.92 Å². The van der Waals surface area contributed by atoms with E-state index in [0.29, 0.717) is 0 Å². The quantitative estimate of drug-likeness (QED) is 0.500. The number of esters is 1. The van der Waals surface area contributed by atoms with Gasteiger partial charge in [0.05, 0.1) is 13.7 Å². The second kappa shape index (κ2) is 7.44. The number of likely N-dealkylation sites (N-methyl/N-ethyl adjacent to an activating group) is 1. The van der Waals surface area contributed by atoms with Crippen LogP contribution in [0.1, 0.15) is 6.92 Å². The topological polar surface area (TPSA) is 116 Å². The number of rotatable bonds is 6. The van der Waals surface area contributed by atoms with Gasteiger partial charge in [0, 0.05) is 6.54 Å². The fourth-order valence-corrected chi connectivity index (χ4v) is 0.931. The van der Waals surface area contributed by atoms with E-state index in [0.717, 1.165) is 4.90 Å². The monoisotopic (exact) mass is 248 g/mol. The molecule has 0 aliphatic carbocycles. The summed E-state index contributed by atoms with van der Waals surface area (Å²) in [6.45, 7) is 1.24. The molecule has 0 heterocycles. The van der Waals surface area contributed by atoms with E-state index in [2.05, 4.69) is 10.1 Å². The van der Waals surface area contributed by atoms with Crippen molar-refractivity contribution in [3.63, 3.8) is 0 Å². The molecule has 0 saturated carbocycles. The first kappa shape index (κ1) is 15.2. The largest absolute Gasteiger partial charge is 0.479 e. The van der Waals surface area contributed by atoms with E-state index in [4.69, 9.17) is 10.2 Å². The normalized spacial score (nSPS) is 11.5. The zero-order valence-corrected chi connectivity index (χ0v) is 9.67. The van der Waals surface area contributed by atoms with E-state index in [-0.39, 0.29) is 13.1 Å². The van der Waals surface area contributed by atoms with Gasteiger partial charge >= 0.3 is 18.0 Å². The van der Waals surface area contributed by atoms with Gasteiger partial charge in [0.25, 0.3) is 0 Å². The Bertz CT molecular complexity index is 293. The van der Waals surface area contributed by atoms with Crippen molar-refractivity contribution in [1.82, 2.24) is 10.2 Å². The van der Waals surface area contributed by atoms with Gasteiger partial charge in [-0.1, -0.05) is 0 Å². The number of carboxylic acid groups (broad SMARTS) is 1. The summed E-state index contributed by atoms with van der Waals surface area (Å²) in [6, 6.07) is -0.641. The molecule has 0 bridgehead atoms. The van der Waals surface area contributed by atoms with Gasteiger partial charge in [-0.3, -0.25) is 4.79 Å². The molecule has 0 spiro atoms. The molecule has 0 aromatic carbocycles. The number of carbonyl (C=O) groups excluding carboxylic acids is 2. The lowest BCUT2D eigenvalue weighted by atomic mass is 10.3. The summed E-state index contributed by atoms with van der Waals surface area (Å²) in [5.74, 6) is -2.01. The van der Waals surface area contributed by atoms with Gasteiger partial charge < -0.3 is 25.2 Å². The number of amides is 2. The minimum absolute atomic E-state index is 0.234. The molecule has 0 fully saturated rings. The molecule has 17 heavy (non-hydrogen) atoms. The number of aliphatic hydroxyl groups excluding tert-OH is 1. The highest BCUT2D eigenvalue weighted by Crippen LogP contribution is 1.91. The number of hydrogen-bond acceptors (Lipinski definition) is 5. The van der Waals surface area contributed by atoms with Crippen molar-refractivity contribution in [2.45, 2.75) is 13.0 Å². The van der Waals surface area contributed by atoms with E-state index in [9.17, 15) is 14.4 Å². The van der Waals surface area contributed by atoms with Crippen LogP contribution in [0.4, 0.5) is 4.79 Å². The van der Waals surface area contributed by atoms with E-state index in [1.54, 1.807) is 6.92 Å². The van der Waals surface area contributed by atoms with Crippen LogP contribution in [-0.4, -0.2) is 65.9 Å². The lowest BCUT2D eigenvalue weighted by Gasteiger charge is -2.20. The second-order valence-electron chi connectivity index (χ2n) is 3.13. The maximum Gasteiger partial charge on any atom is 0.334 e. The van der Waals surface area contributed by atoms with Gasteiger partial charge in [-0.25, -0.2) is 9.59 Å². The number of aliphatic carboxylic acids is 1. The minimum atomic E-state index is -1.67. The van der Waals surface area contributed by atoms with E-state index in [1.165, 1.54) is 7.11 Å². The maximum atomic E-state index is 11.5. The average molecular weight is 248 g/mol. The molecule has 0 unspecified atom stereocenters. The predicted octanol–water partition coefficient (Wildman–Crippen LogP) is -1.36. The van der Waals surface area contributed by atoms with Crippen LogP contribution in [0.3, 0.4) is 0 Å². The van der Waals surface area contributed by atoms with Crippen LogP contribution in [0.25, 0.3) is 0 Å². The first-order valence-electron chi connectivity index (χ1n) is 4.92. The molecule has 3 N–H and O–H groups in total. The Labute approximate surface area is 98.2 Å². The summed E-state index contributed by atoms with van der Waals surface area (Å²) in [5.41, 5.74) is 0. The molecule has 0 aromatic heterocycles. The first-order valence-corrected chi connectivity index (χ1v) is 4.92. The first-order chi connectivity index (χ1) is 7.92. The Morgan fingerprint density at radius 2 is 2.00 bits per heavy atom. The number of nitrogens with zero attached hydrogens (tertiary/aromatic N) is 1. The van der Waals surface area contributed by atoms with E-state index < -0.39 is 30.6 Å². The number of aliphatic hydroxyl groups is 1. The molecule has 8 nitrogen and oxygen atoms in total. The Kier molecular flexibility index (Phi) is 6.64. The summed E-state index contributed by atoms with van der Waals surface area (Å²) in [6.07, 6.45) is -1.67. The van der Waals surface area contributed by atoms with Crippen LogP contribution < -0.4 is 5.32 Å². The molecule has 0 aliphatic heterocycles. The van der Waals surface area contributed by atoms with Crippen molar-refractivity contribution >= 4 is 18.0 Å². The summed E-state index contributed by atoms with van der Waals surface area (Å²) >= 11 is 0.